The molecule has 0 fully saturated rings. The third-order valence-corrected chi connectivity index (χ3v) is 8.46. The third kappa shape index (κ3) is 6.85. The summed E-state index contributed by atoms with van der Waals surface area (Å²) in [6.07, 6.45) is 4.77. The first-order chi connectivity index (χ1) is 14.8. The summed E-state index contributed by atoms with van der Waals surface area (Å²) in [6.45, 7) is 2.38. The van der Waals surface area contributed by atoms with E-state index in [1.54, 1.807) is 0 Å². The highest BCUT2D eigenvalue weighted by atomic mass is 35.5. The van der Waals surface area contributed by atoms with Gasteiger partial charge in [0.25, 0.3) is 0 Å². The average molecular weight is 484 g/mol. The molecule has 2 unspecified atom stereocenters. The van der Waals surface area contributed by atoms with Crippen molar-refractivity contribution in [2.45, 2.75) is 57.4 Å². The summed E-state index contributed by atoms with van der Waals surface area (Å²) in [5.74, 6) is 1.36. The summed E-state index contributed by atoms with van der Waals surface area (Å²) >= 11 is 12.3. The van der Waals surface area contributed by atoms with Crippen LogP contribution in [0.5, 0.6) is 5.75 Å². The van der Waals surface area contributed by atoms with Crippen molar-refractivity contribution in [3.05, 3.63) is 63.1 Å². The molecule has 31 heavy (non-hydrogen) atoms. The van der Waals surface area contributed by atoms with Crippen molar-refractivity contribution in [2.24, 2.45) is 5.73 Å². The summed E-state index contributed by atoms with van der Waals surface area (Å²) in [4.78, 5) is 0. The second-order valence-corrected chi connectivity index (χ2v) is 11.4. The second kappa shape index (κ2) is 11.0. The van der Waals surface area contributed by atoms with Gasteiger partial charge in [0, 0.05) is 12.0 Å². The van der Waals surface area contributed by atoms with E-state index in [0.29, 0.717) is 29.5 Å². The van der Waals surface area contributed by atoms with Gasteiger partial charge in [0.1, 0.15) is 15.6 Å². The van der Waals surface area contributed by atoms with E-state index in [-0.39, 0.29) is 23.5 Å². The van der Waals surface area contributed by atoms with Crippen LogP contribution in [0.25, 0.3) is 0 Å². The molecule has 0 amide bonds. The van der Waals surface area contributed by atoms with Gasteiger partial charge >= 0.3 is 0 Å². The molecular weight excluding hydrogens is 453 g/mol. The molecule has 3 rings (SSSR count). The molecule has 2 atom stereocenters. The number of unbranched alkanes of at least 4 members (excludes halogenated alkanes) is 1. The van der Waals surface area contributed by atoms with Crippen molar-refractivity contribution in [3.8, 4) is 5.75 Å². The number of nitrogens with two attached hydrogens (primary N) is 1. The van der Waals surface area contributed by atoms with Gasteiger partial charge in [-0.1, -0.05) is 48.7 Å². The Labute approximate surface area is 196 Å². The average Bonchev–Trinajstić information content (AvgIpc) is 2.74. The number of hydrogen-bond donors (Lipinski definition) is 1. The van der Waals surface area contributed by atoms with Crippen molar-refractivity contribution in [1.29, 1.82) is 0 Å². The van der Waals surface area contributed by atoms with E-state index in [0.717, 1.165) is 37.0 Å². The maximum Gasteiger partial charge on any atom is 0.150 e. The van der Waals surface area contributed by atoms with Crippen molar-refractivity contribution in [1.82, 2.24) is 0 Å². The van der Waals surface area contributed by atoms with Gasteiger partial charge in [0.05, 0.1) is 28.2 Å². The Morgan fingerprint density at radius 3 is 2.58 bits per heavy atom. The SMILES string of the molecule is CCCCS(=O)(=O)CCCOc1ccc2c(c1)C(Cc1ccc(Cl)c(Cl)c1)C(N)CC2. The van der Waals surface area contributed by atoms with Crippen LogP contribution < -0.4 is 10.5 Å². The van der Waals surface area contributed by atoms with Gasteiger partial charge in [-0.05, 0) is 73.1 Å². The Balaban J connectivity index is 1.66. The number of fused-ring (bicyclic) bond motifs is 1. The van der Waals surface area contributed by atoms with Crippen LogP contribution in [-0.2, 0) is 22.7 Å². The van der Waals surface area contributed by atoms with Crippen LogP contribution in [0.1, 0.15) is 55.2 Å². The first-order valence-electron chi connectivity index (χ1n) is 10.9. The minimum absolute atomic E-state index is 0.0564. The fourth-order valence-electron chi connectivity index (χ4n) is 4.11. The molecular formula is C24H31Cl2NO3S. The van der Waals surface area contributed by atoms with Gasteiger partial charge in [0.2, 0.25) is 0 Å². The summed E-state index contributed by atoms with van der Waals surface area (Å²) < 4.78 is 29.9. The smallest absolute Gasteiger partial charge is 0.150 e. The molecule has 1 aliphatic carbocycles. The van der Waals surface area contributed by atoms with E-state index < -0.39 is 9.84 Å². The van der Waals surface area contributed by atoms with E-state index in [2.05, 4.69) is 12.1 Å². The number of halogens is 2. The quantitative estimate of drug-likeness (QED) is 0.447. The van der Waals surface area contributed by atoms with Gasteiger partial charge in [-0.15, -0.1) is 0 Å². The summed E-state index contributed by atoms with van der Waals surface area (Å²) in [6, 6.07) is 11.9. The van der Waals surface area contributed by atoms with Crippen LogP contribution in [0.2, 0.25) is 10.0 Å². The highest BCUT2D eigenvalue weighted by Gasteiger charge is 2.28. The number of ether oxygens (including phenoxy) is 1. The van der Waals surface area contributed by atoms with Gasteiger partial charge < -0.3 is 10.5 Å². The fourth-order valence-corrected chi connectivity index (χ4v) is 5.92. The molecule has 2 aromatic rings. The molecule has 4 nitrogen and oxygen atoms in total. The topological polar surface area (TPSA) is 69.4 Å². The molecule has 1 aliphatic rings. The van der Waals surface area contributed by atoms with E-state index in [1.807, 2.05) is 31.2 Å². The van der Waals surface area contributed by atoms with Crippen LogP contribution in [-0.4, -0.2) is 32.6 Å². The maximum atomic E-state index is 12.0. The first kappa shape index (κ1) is 24.4. The highest BCUT2D eigenvalue weighted by Crippen LogP contribution is 2.36. The summed E-state index contributed by atoms with van der Waals surface area (Å²) in [7, 11) is -2.99. The van der Waals surface area contributed by atoms with Gasteiger partial charge in [-0.25, -0.2) is 8.42 Å². The third-order valence-electron chi connectivity index (χ3n) is 5.90. The molecule has 2 aromatic carbocycles. The zero-order valence-electron chi connectivity index (χ0n) is 17.9. The predicted molar refractivity (Wildman–Crippen MR) is 129 cm³/mol. The molecule has 0 aliphatic heterocycles. The van der Waals surface area contributed by atoms with E-state index in [4.69, 9.17) is 33.7 Å². The normalized spacial score (nSPS) is 18.6. The number of aryl methyl sites for hydroxylation is 1. The largest absolute Gasteiger partial charge is 0.494 e. The van der Waals surface area contributed by atoms with Crippen molar-refractivity contribution >= 4 is 33.0 Å². The van der Waals surface area contributed by atoms with Crippen molar-refractivity contribution < 1.29 is 13.2 Å². The lowest BCUT2D eigenvalue weighted by molar-refractivity contribution is 0.316. The lowest BCUT2D eigenvalue weighted by atomic mass is 9.76. The minimum atomic E-state index is -2.99. The highest BCUT2D eigenvalue weighted by molar-refractivity contribution is 7.91. The first-order valence-corrected chi connectivity index (χ1v) is 13.5. The van der Waals surface area contributed by atoms with Crippen LogP contribution >= 0.6 is 23.2 Å². The molecule has 0 bridgehead atoms. The number of rotatable bonds is 10. The fraction of sp³-hybridized carbons (Fsp3) is 0.500. The monoisotopic (exact) mass is 483 g/mol. The summed E-state index contributed by atoms with van der Waals surface area (Å²) in [5, 5.41) is 1.10. The van der Waals surface area contributed by atoms with E-state index in [9.17, 15) is 8.42 Å². The molecule has 0 spiro atoms. The molecule has 0 radical (unpaired) electrons. The number of hydrogen-bond acceptors (Lipinski definition) is 4. The minimum Gasteiger partial charge on any atom is -0.494 e. The Kier molecular flexibility index (Phi) is 8.68. The zero-order valence-corrected chi connectivity index (χ0v) is 20.3. The van der Waals surface area contributed by atoms with Crippen molar-refractivity contribution in [3.63, 3.8) is 0 Å². The Bertz CT molecular complexity index is 994. The Hall–Kier alpha value is -1.27. The molecule has 0 saturated heterocycles. The van der Waals surface area contributed by atoms with E-state index >= 15 is 0 Å². The second-order valence-electron chi connectivity index (χ2n) is 8.33. The van der Waals surface area contributed by atoms with Gasteiger partial charge in [-0.3, -0.25) is 0 Å². The lowest BCUT2D eigenvalue weighted by Gasteiger charge is -2.32. The number of benzene rings is 2. The molecule has 170 valence electrons. The molecule has 2 N–H and O–H groups in total. The summed E-state index contributed by atoms with van der Waals surface area (Å²) in [5.41, 5.74) is 10.1. The molecule has 0 heterocycles. The number of sulfone groups is 1. The van der Waals surface area contributed by atoms with Crippen LogP contribution in [0.3, 0.4) is 0 Å². The van der Waals surface area contributed by atoms with E-state index in [1.165, 1.54) is 11.1 Å². The van der Waals surface area contributed by atoms with Crippen LogP contribution in [0.4, 0.5) is 0 Å². The molecule has 0 saturated carbocycles. The molecule has 0 aromatic heterocycles. The lowest BCUT2D eigenvalue weighted by Crippen LogP contribution is -2.34. The maximum absolute atomic E-state index is 12.0. The Morgan fingerprint density at radius 1 is 1.06 bits per heavy atom. The van der Waals surface area contributed by atoms with Crippen LogP contribution in [0, 0.1) is 0 Å². The molecule has 7 heteroatoms. The Morgan fingerprint density at radius 2 is 1.84 bits per heavy atom. The van der Waals surface area contributed by atoms with Gasteiger partial charge in [0.15, 0.2) is 0 Å². The predicted octanol–water partition coefficient (Wildman–Crippen LogP) is 5.58. The van der Waals surface area contributed by atoms with Gasteiger partial charge in [-0.2, -0.15) is 0 Å². The van der Waals surface area contributed by atoms with Crippen molar-refractivity contribution in [2.75, 3.05) is 18.1 Å². The van der Waals surface area contributed by atoms with Crippen LogP contribution in [0.15, 0.2) is 36.4 Å². The zero-order chi connectivity index (χ0) is 22.4. The standard InChI is InChI=1S/C24H31Cl2NO3S/c1-2-3-12-31(28,29)13-4-11-30-19-8-6-18-7-10-24(27)21(20(18)16-19)14-17-5-9-22(25)23(26)15-17/h5-6,8-9,15-16,21,24H,2-4,7,10-14,27H2,1H3.